The number of hydrogen-bond acceptors (Lipinski definition) is 5. The second kappa shape index (κ2) is 5.50. The van der Waals surface area contributed by atoms with Crippen molar-refractivity contribution in [1.29, 1.82) is 0 Å². The molecule has 1 aliphatic heterocycles. The average molecular weight is 298 g/mol. The average Bonchev–Trinajstić information content (AvgIpc) is 2.83. The van der Waals surface area contributed by atoms with Gasteiger partial charge in [0, 0.05) is 12.6 Å². The number of primary amides is 1. The van der Waals surface area contributed by atoms with Crippen LogP contribution in [0.5, 0.6) is 5.75 Å². The Morgan fingerprint density at radius 1 is 1.50 bits per heavy atom. The summed E-state index contributed by atoms with van der Waals surface area (Å²) in [6.07, 6.45) is 1.35. The molecule has 0 aliphatic carbocycles. The second-order valence-electron chi connectivity index (χ2n) is 4.84. The maximum absolute atomic E-state index is 11.3. The van der Waals surface area contributed by atoms with Gasteiger partial charge in [-0.05, 0) is 25.0 Å². The standard InChI is InChI=1S/C15H14N4O3/c1-9(20)2-3-10-4-5-12-15(17-10)19-8-11(14(16)21)18-13(19)6-7-22-12/h4-5,8-9,20H,6-7H2,1H3,(H2,16,21). The molecule has 2 aromatic rings. The molecule has 0 fully saturated rings. The number of aliphatic hydroxyl groups is 1. The van der Waals surface area contributed by atoms with Crippen LogP contribution in [-0.2, 0) is 6.42 Å². The Morgan fingerprint density at radius 2 is 2.32 bits per heavy atom. The van der Waals surface area contributed by atoms with E-state index in [1.165, 1.54) is 0 Å². The summed E-state index contributed by atoms with van der Waals surface area (Å²) in [5, 5.41) is 9.23. The van der Waals surface area contributed by atoms with Crippen LogP contribution in [0.25, 0.3) is 5.82 Å². The first-order valence-corrected chi connectivity index (χ1v) is 6.76. The molecule has 1 amide bonds. The summed E-state index contributed by atoms with van der Waals surface area (Å²) in [6, 6.07) is 3.47. The molecule has 0 saturated carbocycles. The van der Waals surface area contributed by atoms with E-state index < -0.39 is 12.0 Å². The summed E-state index contributed by atoms with van der Waals surface area (Å²) in [5.74, 6) is 6.56. The number of ether oxygens (including phenoxy) is 1. The molecule has 0 radical (unpaired) electrons. The highest BCUT2D eigenvalue weighted by molar-refractivity contribution is 5.90. The van der Waals surface area contributed by atoms with E-state index in [-0.39, 0.29) is 5.69 Å². The van der Waals surface area contributed by atoms with E-state index in [0.29, 0.717) is 36.1 Å². The Morgan fingerprint density at radius 3 is 3.05 bits per heavy atom. The normalized spacial score (nSPS) is 13.7. The minimum absolute atomic E-state index is 0.185. The summed E-state index contributed by atoms with van der Waals surface area (Å²) in [6.45, 7) is 2.01. The fourth-order valence-corrected chi connectivity index (χ4v) is 2.12. The molecule has 1 aliphatic rings. The number of carbonyl (C=O) groups excluding carboxylic acids is 1. The van der Waals surface area contributed by atoms with Crippen LogP contribution in [0.2, 0.25) is 0 Å². The molecule has 1 unspecified atom stereocenters. The lowest BCUT2D eigenvalue weighted by molar-refractivity contribution is 0.0996. The molecule has 22 heavy (non-hydrogen) atoms. The molecule has 0 saturated heterocycles. The molecule has 112 valence electrons. The molecule has 2 aromatic heterocycles. The Balaban J connectivity index is 2.11. The number of pyridine rings is 1. The zero-order valence-electron chi connectivity index (χ0n) is 11.9. The van der Waals surface area contributed by atoms with Gasteiger partial charge in [-0.2, -0.15) is 0 Å². The van der Waals surface area contributed by atoms with Gasteiger partial charge in [0.25, 0.3) is 5.91 Å². The quantitative estimate of drug-likeness (QED) is 0.723. The van der Waals surface area contributed by atoms with Crippen LogP contribution >= 0.6 is 0 Å². The summed E-state index contributed by atoms with van der Waals surface area (Å²) < 4.78 is 7.32. The highest BCUT2D eigenvalue weighted by Crippen LogP contribution is 2.26. The Kier molecular flexibility index (Phi) is 3.53. The van der Waals surface area contributed by atoms with Crippen molar-refractivity contribution in [2.75, 3.05) is 6.61 Å². The minimum atomic E-state index is -0.734. The number of carbonyl (C=O) groups is 1. The van der Waals surface area contributed by atoms with E-state index in [0.717, 1.165) is 0 Å². The molecule has 7 heteroatoms. The third-order valence-corrected chi connectivity index (χ3v) is 3.09. The van der Waals surface area contributed by atoms with Crippen LogP contribution in [0.1, 0.15) is 28.9 Å². The van der Waals surface area contributed by atoms with Crippen LogP contribution < -0.4 is 10.5 Å². The summed E-state index contributed by atoms with van der Waals surface area (Å²) in [4.78, 5) is 19.9. The first-order valence-electron chi connectivity index (χ1n) is 6.76. The number of aromatic nitrogens is 3. The Bertz CT molecular complexity index is 799. The minimum Gasteiger partial charge on any atom is -0.489 e. The van der Waals surface area contributed by atoms with E-state index in [1.54, 1.807) is 29.8 Å². The molecule has 3 heterocycles. The molecule has 0 aromatic carbocycles. The SMILES string of the molecule is CC(O)C#Cc1ccc2c(n1)-n1cc(C(N)=O)nc1CCO2. The first kappa shape index (κ1) is 14.1. The lowest BCUT2D eigenvalue weighted by atomic mass is 10.3. The topological polar surface area (TPSA) is 103 Å². The Hall–Kier alpha value is -2.85. The molecule has 1 atom stereocenters. The van der Waals surface area contributed by atoms with Crippen molar-refractivity contribution >= 4 is 5.91 Å². The van der Waals surface area contributed by atoms with Gasteiger partial charge in [0.2, 0.25) is 0 Å². The highest BCUT2D eigenvalue weighted by Gasteiger charge is 2.20. The largest absolute Gasteiger partial charge is 0.489 e. The van der Waals surface area contributed by atoms with Gasteiger partial charge in [0.1, 0.15) is 23.3 Å². The maximum atomic E-state index is 11.3. The number of amides is 1. The Labute approximate surface area is 126 Å². The van der Waals surface area contributed by atoms with Crippen LogP contribution in [0, 0.1) is 11.8 Å². The highest BCUT2D eigenvalue weighted by atomic mass is 16.5. The molecule has 0 spiro atoms. The smallest absolute Gasteiger partial charge is 0.268 e. The molecule has 7 nitrogen and oxygen atoms in total. The zero-order chi connectivity index (χ0) is 15.7. The summed E-state index contributed by atoms with van der Waals surface area (Å²) in [5.41, 5.74) is 5.96. The van der Waals surface area contributed by atoms with Crippen molar-refractivity contribution in [2.24, 2.45) is 5.73 Å². The van der Waals surface area contributed by atoms with Gasteiger partial charge in [-0.25, -0.2) is 9.97 Å². The van der Waals surface area contributed by atoms with E-state index in [2.05, 4.69) is 21.8 Å². The van der Waals surface area contributed by atoms with Crippen LogP contribution in [-0.4, -0.2) is 38.3 Å². The van der Waals surface area contributed by atoms with Gasteiger partial charge in [-0.1, -0.05) is 5.92 Å². The van der Waals surface area contributed by atoms with Crippen molar-refractivity contribution in [3.05, 3.63) is 35.5 Å². The van der Waals surface area contributed by atoms with E-state index >= 15 is 0 Å². The van der Waals surface area contributed by atoms with Gasteiger partial charge in [-0.15, -0.1) is 0 Å². The van der Waals surface area contributed by atoms with Crippen LogP contribution in [0.3, 0.4) is 0 Å². The van der Waals surface area contributed by atoms with Gasteiger partial charge >= 0.3 is 0 Å². The van der Waals surface area contributed by atoms with Gasteiger partial charge in [0.15, 0.2) is 11.6 Å². The monoisotopic (exact) mass is 298 g/mol. The molecule has 3 rings (SSSR count). The third-order valence-electron chi connectivity index (χ3n) is 3.09. The number of nitrogens with two attached hydrogens (primary N) is 1. The van der Waals surface area contributed by atoms with Crippen molar-refractivity contribution < 1.29 is 14.6 Å². The lowest BCUT2D eigenvalue weighted by Gasteiger charge is -2.07. The molecular formula is C15H14N4O3. The van der Waals surface area contributed by atoms with Crippen molar-refractivity contribution in [3.8, 4) is 23.4 Å². The van der Waals surface area contributed by atoms with E-state index in [4.69, 9.17) is 10.5 Å². The molecular weight excluding hydrogens is 284 g/mol. The summed E-state index contributed by atoms with van der Waals surface area (Å²) in [7, 11) is 0. The zero-order valence-corrected chi connectivity index (χ0v) is 11.9. The summed E-state index contributed by atoms with van der Waals surface area (Å²) >= 11 is 0. The van der Waals surface area contributed by atoms with Crippen molar-refractivity contribution in [2.45, 2.75) is 19.4 Å². The maximum Gasteiger partial charge on any atom is 0.268 e. The third kappa shape index (κ3) is 2.64. The predicted molar refractivity (Wildman–Crippen MR) is 77.6 cm³/mol. The van der Waals surface area contributed by atoms with Gasteiger partial charge in [-0.3, -0.25) is 9.36 Å². The van der Waals surface area contributed by atoms with Gasteiger partial charge < -0.3 is 15.6 Å². The number of nitrogens with zero attached hydrogens (tertiary/aromatic N) is 3. The van der Waals surface area contributed by atoms with Gasteiger partial charge in [0.05, 0.1) is 6.61 Å². The number of imidazole rings is 1. The van der Waals surface area contributed by atoms with Crippen LogP contribution in [0.15, 0.2) is 18.3 Å². The van der Waals surface area contributed by atoms with Crippen LogP contribution in [0.4, 0.5) is 0 Å². The second-order valence-corrected chi connectivity index (χ2v) is 4.84. The van der Waals surface area contributed by atoms with Crippen molar-refractivity contribution in [1.82, 2.24) is 14.5 Å². The van der Waals surface area contributed by atoms with E-state index in [1.807, 2.05) is 0 Å². The lowest BCUT2D eigenvalue weighted by Crippen LogP contribution is -2.11. The predicted octanol–water partition coefficient (Wildman–Crippen LogP) is 0.0334. The number of hydrogen-bond donors (Lipinski definition) is 2. The number of fused-ring (bicyclic) bond motifs is 3. The van der Waals surface area contributed by atoms with E-state index in [9.17, 15) is 9.90 Å². The van der Waals surface area contributed by atoms with Crippen molar-refractivity contribution in [3.63, 3.8) is 0 Å². The molecule has 0 bridgehead atoms. The number of rotatable bonds is 1. The fourth-order valence-electron chi connectivity index (χ4n) is 2.12. The first-order chi connectivity index (χ1) is 10.5. The number of aliphatic hydroxyl groups excluding tert-OH is 1. The molecule has 3 N–H and O–H groups in total. The fraction of sp³-hybridized carbons (Fsp3) is 0.267.